The van der Waals surface area contributed by atoms with E-state index < -0.39 is 6.17 Å². The molecule has 2 nitrogen and oxygen atoms in total. The van der Waals surface area contributed by atoms with Crippen molar-refractivity contribution in [2.24, 2.45) is 0 Å². The highest BCUT2D eigenvalue weighted by molar-refractivity contribution is 5.66. The fourth-order valence-electron chi connectivity index (χ4n) is 1.37. The summed E-state index contributed by atoms with van der Waals surface area (Å²) in [7, 11) is 0. The molecule has 0 spiro atoms. The molecule has 0 saturated heterocycles. The van der Waals surface area contributed by atoms with E-state index in [1.807, 2.05) is 0 Å². The van der Waals surface area contributed by atoms with Crippen LogP contribution in [0, 0.1) is 0 Å². The molecule has 0 aromatic carbocycles. The summed E-state index contributed by atoms with van der Waals surface area (Å²) < 4.78 is 17.5. The summed E-state index contributed by atoms with van der Waals surface area (Å²) in [6.07, 6.45) is 1.73. The van der Waals surface area contributed by atoms with Crippen molar-refractivity contribution >= 4 is 5.97 Å². The van der Waals surface area contributed by atoms with Gasteiger partial charge in [0.1, 0.15) is 12.3 Å². The highest BCUT2D eigenvalue weighted by Crippen LogP contribution is 2.23. The Morgan fingerprint density at radius 2 is 1.91 bits per heavy atom. The fourth-order valence-corrected chi connectivity index (χ4v) is 1.37. The minimum Gasteiger partial charge on any atom is -0.463 e. The van der Waals surface area contributed by atoms with Crippen molar-refractivity contribution in [2.75, 3.05) is 0 Å². The molecule has 0 aromatic heterocycles. The topological polar surface area (TPSA) is 26.3 Å². The molecule has 1 aliphatic rings. The number of halogens is 1. The van der Waals surface area contributed by atoms with Crippen LogP contribution in [0.3, 0.4) is 0 Å². The van der Waals surface area contributed by atoms with E-state index in [1.165, 1.54) is 6.92 Å². The predicted octanol–water partition coefficient (Wildman–Crippen LogP) is 1.83. The van der Waals surface area contributed by atoms with Gasteiger partial charge in [0, 0.05) is 6.92 Å². The largest absolute Gasteiger partial charge is 0.463 e. The van der Waals surface area contributed by atoms with Gasteiger partial charge in [0.15, 0.2) is 0 Å². The zero-order valence-corrected chi connectivity index (χ0v) is 6.68. The number of alkyl halides is 1. The van der Waals surface area contributed by atoms with E-state index in [1.54, 1.807) is 0 Å². The summed E-state index contributed by atoms with van der Waals surface area (Å²) in [6.45, 7) is 1.39. The van der Waals surface area contributed by atoms with Crippen LogP contribution in [-0.4, -0.2) is 18.2 Å². The molecule has 0 radical (unpaired) electrons. The number of ether oxygens (including phenoxy) is 1. The Morgan fingerprint density at radius 1 is 1.36 bits per heavy atom. The molecule has 0 atom stereocenters. The number of rotatable bonds is 1. The number of carbonyl (C=O) groups is 1. The molecular weight excluding hydrogens is 147 g/mol. The van der Waals surface area contributed by atoms with Gasteiger partial charge < -0.3 is 4.74 Å². The van der Waals surface area contributed by atoms with Crippen LogP contribution in [0.2, 0.25) is 0 Å². The maximum absolute atomic E-state index is 12.6. The Morgan fingerprint density at radius 3 is 2.36 bits per heavy atom. The predicted molar refractivity (Wildman–Crippen MR) is 38.9 cm³/mol. The van der Waals surface area contributed by atoms with Gasteiger partial charge in [0.05, 0.1) is 0 Å². The van der Waals surface area contributed by atoms with Crippen LogP contribution in [0.1, 0.15) is 32.6 Å². The van der Waals surface area contributed by atoms with Gasteiger partial charge in [-0.2, -0.15) is 0 Å². The lowest BCUT2D eigenvalue weighted by Gasteiger charge is -2.23. The van der Waals surface area contributed by atoms with Gasteiger partial charge in [0.25, 0.3) is 0 Å². The Bertz CT molecular complexity index is 139. The molecule has 11 heavy (non-hydrogen) atoms. The molecule has 0 amide bonds. The van der Waals surface area contributed by atoms with Gasteiger partial charge in [-0.05, 0) is 25.7 Å². The van der Waals surface area contributed by atoms with Crippen molar-refractivity contribution < 1.29 is 13.9 Å². The quantitative estimate of drug-likeness (QED) is 0.547. The van der Waals surface area contributed by atoms with Gasteiger partial charge in [0.2, 0.25) is 0 Å². The zero-order valence-electron chi connectivity index (χ0n) is 6.68. The monoisotopic (exact) mass is 160 g/mol. The minimum atomic E-state index is -0.679. The van der Waals surface area contributed by atoms with Crippen LogP contribution in [0.15, 0.2) is 0 Å². The van der Waals surface area contributed by atoms with Crippen molar-refractivity contribution in [3.8, 4) is 0 Å². The molecule has 0 N–H and O–H groups in total. The van der Waals surface area contributed by atoms with E-state index >= 15 is 0 Å². The second-order valence-electron chi connectivity index (χ2n) is 2.98. The molecular formula is C8H13FO2. The van der Waals surface area contributed by atoms with E-state index in [9.17, 15) is 9.18 Å². The summed E-state index contributed by atoms with van der Waals surface area (Å²) in [6, 6.07) is 0. The third kappa shape index (κ3) is 2.87. The fraction of sp³-hybridized carbons (Fsp3) is 0.875. The summed E-state index contributed by atoms with van der Waals surface area (Å²) in [5, 5.41) is 0. The highest BCUT2D eigenvalue weighted by Gasteiger charge is 2.22. The van der Waals surface area contributed by atoms with Gasteiger partial charge in [-0.3, -0.25) is 4.79 Å². The maximum atomic E-state index is 12.6. The van der Waals surface area contributed by atoms with Crippen LogP contribution in [-0.2, 0) is 9.53 Å². The SMILES string of the molecule is CC(=O)OC1CCC(F)CC1. The van der Waals surface area contributed by atoms with Crippen LogP contribution >= 0.6 is 0 Å². The minimum absolute atomic E-state index is 0.0282. The van der Waals surface area contributed by atoms with Gasteiger partial charge in [-0.1, -0.05) is 0 Å². The van der Waals surface area contributed by atoms with Crippen molar-refractivity contribution in [3.05, 3.63) is 0 Å². The molecule has 0 aromatic rings. The highest BCUT2D eigenvalue weighted by atomic mass is 19.1. The van der Waals surface area contributed by atoms with Gasteiger partial charge >= 0.3 is 5.97 Å². The second-order valence-corrected chi connectivity index (χ2v) is 2.98. The second kappa shape index (κ2) is 3.69. The third-order valence-electron chi connectivity index (χ3n) is 1.94. The first-order valence-corrected chi connectivity index (χ1v) is 4.00. The molecule has 0 heterocycles. The van der Waals surface area contributed by atoms with E-state index in [-0.39, 0.29) is 12.1 Å². The van der Waals surface area contributed by atoms with Crippen molar-refractivity contribution in [1.29, 1.82) is 0 Å². The molecule has 1 fully saturated rings. The molecule has 1 aliphatic carbocycles. The van der Waals surface area contributed by atoms with Crippen molar-refractivity contribution in [3.63, 3.8) is 0 Å². The molecule has 0 bridgehead atoms. The summed E-state index contributed by atoms with van der Waals surface area (Å²) >= 11 is 0. The normalized spacial score (nSPS) is 31.5. The molecule has 0 unspecified atom stereocenters. The summed E-state index contributed by atoms with van der Waals surface area (Å²) in [4.78, 5) is 10.5. The van der Waals surface area contributed by atoms with Gasteiger partial charge in [-0.15, -0.1) is 0 Å². The number of hydrogen-bond acceptors (Lipinski definition) is 2. The molecule has 3 heteroatoms. The van der Waals surface area contributed by atoms with E-state index in [0.29, 0.717) is 25.7 Å². The number of esters is 1. The van der Waals surface area contributed by atoms with Crippen LogP contribution in [0.4, 0.5) is 4.39 Å². The molecule has 1 saturated carbocycles. The Hall–Kier alpha value is -0.600. The van der Waals surface area contributed by atoms with Crippen molar-refractivity contribution in [2.45, 2.75) is 44.9 Å². The van der Waals surface area contributed by atoms with Crippen LogP contribution < -0.4 is 0 Å². The Labute approximate surface area is 65.7 Å². The molecule has 0 aliphatic heterocycles. The Kier molecular flexibility index (Phi) is 2.85. The Balaban J connectivity index is 2.22. The number of hydrogen-bond donors (Lipinski definition) is 0. The van der Waals surface area contributed by atoms with E-state index in [0.717, 1.165) is 0 Å². The van der Waals surface area contributed by atoms with E-state index in [2.05, 4.69) is 0 Å². The summed E-state index contributed by atoms with van der Waals surface area (Å²) in [5.74, 6) is -0.257. The average Bonchev–Trinajstić information content (AvgIpc) is 1.93. The number of carbonyl (C=O) groups excluding carboxylic acids is 1. The lowest BCUT2D eigenvalue weighted by Crippen LogP contribution is -2.23. The van der Waals surface area contributed by atoms with Crippen LogP contribution in [0.5, 0.6) is 0 Å². The standard InChI is InChI=1S/C8H13FO2/c1-6(10)11-8-4-2-7(9)3-5-8/h7-8H,2-5H2,1H3. The zero-order chi connectivity index (χ0) is 8.27. The first kappa shape index (κ1) is 8.50. The summed E-state index contributed by atoms with van der Waals surface area (Å²) in [5.41, 5.74) is 0. The smallest absolute Gasteiger partial charge is 0.302 e. The lowest BCUT2D eigenvalue weighted by molar-refractivity contribution is -0.148. The van der Waals surface area contributed by atoms with Crippen molar-refractivity contribution in [1.82, 2.24) is 0 Å². The molecule has 64 valence electrons. The first-order chi connectivity index (χ1) is 5.18. The van der Waals surface area contributed by atoms with Gasteiger partial charge in [-0.25, -0.2) is 4.39 Å². The lowest BCUT2D eigenvalue weighted by atomic mass is 9.96. The first-order valence-electron chi connectivity index (χ1n) is 4.00. The molecule has 1 rings (SSSR count). The average molecular weight is 160 g/mol. The van der Waals surface area contributed by atoms with E-state index in [4.69, 9.17) is 4.74 Å². The maximum Gasteiger partial charge on any atom is 0.302 e. The van der Waals surface area contributed by atoms with Crippen LogP contribution in [0.25, 0.3) is 0 Å². The third-order valence-corrected chi connectivity index (χ3v) is 1.94.